The van der Waals surface area contributed by atoms with Crippen LogP contribution in [0.25, 0.3) is 10.7 Å². The summed E-state index contributed by atoms with van der Waals surface area (Å²) in [7, 11) is 0. The number of hydrogen-bond donors (Lipinski definition) is 1. The summed E-state index contributed by atoms with van der Waals surface area (Å²) in [6.45, 7) is 0. The van der Waals surface area contributed by atoms with E-state index in [1.165, 1.54) is 11.8 Å². The molecule has 3 aromatic rings. The first-order chi connectivity index (χ1) is 13.8. The van der Waals surface area contributed by atoms with Crippen molar-refractivity contribution in [3.63, 3.8) is 0 Å². The number of hydrogen-bond acceptors (Lipinski definition) is 5. The molecule has 1 aliphatic carbocycles. The first-order valence-corrected chi connectivity index (χ1v) is 10.9. The van der Waals surface area contributed by atoms with Crippen molar-refractivity contribution in [1.29, 1.82) is 0 Å². The first kappa shape index (κ1) is 20.2. The number of aromatic nitrogens is 3. The van der Waals surface area contributed by atoms with Crippen LogP contribution in [0.3, 0.4) is 0 Å². The van der Waals surface area contributed by atoms with Crippen LogP contribution in [0.1, 0.15) is 24.4 Å². The van der Waals surface area contributed by atoms with E-state index in [1.807, 2.05) is 22.1 Å². The Hall–Kier alpha value is -2.04. The second-order valence-corrected chi connectivity index (χ2v) is 8.71. The molecule has 0 unspecified atom stereocenters. The average Bonchev–Trinajstić information content (AvgIpc) is 3.18. The summed E-state index contributed by atoms with van der Waals surface area (Å²) < 4.78 is 40.7. The molecule has 1 N–H and O–H groups in total. The topological polar surface area (TPSA) is 59.8 Å². The van der Waals surface area contributed by atoms with E-state index in [0.29, 0.717) is 11.2 Å². The van der Waals surface area contributed by atoms with Gasteiger partial charge in [0.2, 0.25) is 5.91 Å². The Kier molecular flexibility index (Phi) is 5.58. The van der Waals surface area contributed by atoms with Crippen molar-refractivity contribution >= 4 is 46.3 Å². The Morgan fingerprint density at radius 2 is 2.10 bits per heavy atom. The van der Waals surface area contributed by atoms with E-state index in [1.54, 1.807) is 11.3 Å². The lowest BCUT2D eigenvalue weighted by atomic mass is 10.2. The van der Waals surface area contributed by atoms with Crippen LogP contribution in [-0.2, 0) is 11.0 Å². The highest BCUT2D eigenvalue weighted by Gasteiger charge is 2.32. The number of halogens is 4. The van der Waals surface area contributed by atoms with E-state index < -0.39 is 17.6 Å². The molecule has 0 atom stereocenters. The number of anilines is 1. The minimum absolute atomic E-state index is 0.0259. The Morgan fingerprint density at radius 3 is 2.76 bits per heavy atom. The largest absolute Gasteiger partial charge is 0.416 e. The molecule has 2 aromatic heterocycles. The third kappa shape index (κ3) is 4.59. The van der Waals surface area contributed by atoms with Gasteiger partial charge in [0.05, 0.1) is 26.9 Å². The zero-order valence-corrected chi connectivity index (χ0v) is 17.1. The first-order valence-electron chi connectivity index (χ1n) is 8.61. The number of thioether (sulfide) groups is 1. The third-order valence-electron chi connectivity index (χ3n) is 4.22. The molecule has 0 aliphatic heterocycles. The van der Waals surface area contributed by atoms with Gasteiger partial charge in [-0.2, -0.15) is 13.2 Å². The number of carbonyl (C=O) groups excluding carboxylic acids is 1. The maximum absolute atomic E-state index is 12.9. The van der Waals surface area contributed by atoms with Gasteiger partial charge in [-0.3, -0.25) is 9.36 Å². The van der Waals surface area contributed by atoms with E-state index in [4.69, 9.17) is 11.6 Å². The monoisotopic (exact) mass is 458 g/mol. The fourth-order valence-corrected chi connectivity index (χ4v) is 4.40. The molecule has 4 rings (SSSR count). The Morgan fingerprint density at radius 1 is 1.31 bits per heavy atom. The Balaban J connectivity index is 1.46. The molecule has 1 saturated carbocycles. The molecule has 11 heteroatoms. The average molecular weight is 459 g/mol. The SMILES string of the molecule is O=C(CSc1nnc(-c2cccs2)n1C1CC1)Nc1cc(C(F)(F)F)ccc1Cl. The van der Waals surface area contributed by atoms with Gasteiger partial charge in [-0.1, -0.05) is 29.4 Å². The molecule has 0 saturated heterocycles. The summed E-state index contributed by atoms with van der Waals surface area (Å²) in [4.78, 5) is 13.3. The minimum atomic E-state index is -4.52. The second-order valence-electron chi connectivity index (χ2n) is 6.41. The van der Waals surface area contributed by atoms with Gasteiger partial charge in [-0.25, -0.2) is 0 Å². The highest BCUT2D eigenvalue weighted by molar-refractivity contribution is 7.99. The molecule has 0 bridgehead atoms. The quantitative estimate of drug-likeness (QED) is 0.478. The lowest BCUT2D eigenvalue weighted by Gasteiger charge is -2.12. The van der Waals surface area contributed by atoms with Crippen molar-refractivity contribution in [1.82, 2.24) is 14.8 Å². The zero-order chi connectivity index (χ0) is 20.6. The summed E-state index contributed by atoms with van der Waals surface area (Å²) >= 11 is 8.68. The van der Waals surface area contributed by atoms with Crippen LogP contribution in [0.4, 0.5) is 18.9 Å². The summed E-state index contributed by atoms with van der Waals surface area (Å²) in [6.07, 6.45) is -2.47. The summed E-state index contributed by atoms with van der Waals surface area (Å²) in [5, 5.41) is 13.5. The van der Waals surface area contributed by atoms with Gasteiger partial charge in [0.15, 0.2) is 11.0 Å². The fourth-order valence-electron chi connectivity index (χ4n) is 2.72. The number of nitrogens with zero attached hydrogens (tertiary/aromatic N) is 3. The van der Waals surface area contributed by atoms with Gasteiger partial charge in [0, 0.05) is 6.04 Å². The Labute approximate surface area is 177 Å². The van der Waals surface area contributed by atoms with Gasteiger partial charge in [0.1, 0.15) is 0 Å². The molecular weight excluding hydrogens is 445 g/mol. The molecular formula is C18H14ClF3N4OS2. The molecule has 2 heterocycles. The zero-order valence-electron chi connectivity index (χ0n) is 14.7. The van der Waals surface area contributed by atoms with E-state index >= 15 is 0 Å². The van der Waals surface area contributed by atoms with Crippen molar-refractivity contribution in [3.8, 4) is 10.7 Å². The van der Waals surface area contributed by atoms with E-state index in [2.05, 4.69) is 15.5 Å². The molecule has 0 radical (unpaired) electrons. The number of nitrogens with one attached hydrogen (secondary N) is 1. The van der Waals surface area contributed by atoms with Crippen molar-refractivity contribution in [2.45, 2.75) is 30.2 Å². The van der Waals surface area contributed by atoms with Gasteiger partial charge in [0.25, 0.3) is 0 Å². The number of thiophene rings is 1. The smallest absolute Gasteiger partial charge is 0.324 e. The second kappa shape index (κ2) is 8.00. The normalized spacial score (nSPS) is 14.2. The standard InChI is InChI=1S/C18H14ClF3N4OS2/c19-12-6-3-10(18(20,21)22)8-13(12)23-15(27)9-29-17-25-24-16(14-2-1-7-28-14)26(17)11-4-5-11/h1-3,6-8,11H,4-5,9H2,(H,23,27). The lowest BCUT2D eigenvalue weighted by molar-refractivity contribution is -0.137. The van der Waals surface area contributed by atoms with Crippen molar-refractivity contribution < 1.29 is 18.0 Å². The van der Waals surface area contributed by atoms with Crippen LogP contribution >= 0.6 is 34.7 Å². The van der Waals surface area contributed by atoms with Crippen LogP contribution in [0.15, 0.2) is 40.9 Å². The predicted molar refractivity (Wildman–Crippen MR) is 107 cm³/mol. The fraction of sp³-hybridized carbons (Fsp3) is 0.278. The minimum Gasteiger partial charge on any atom is -0.324 e. The van der Waals surface area contributed by atoms with Crippen molar-refractivity contribution in [2.75, 3.05) is 11.1 Å². The predicted octanol–water partition coefficient (Wildman–Crippen LogP) is 5.74. The number of alkyl halides is 3. The van der Waals surface area contributed by atoms with E-state index in [0.717, 1.165) is 41.7 Å². The lowest BCUT2D eigenvalue weighted by Crippen LogP contribution is -2.16. The molecule has 29 heavy (non-hydrogen) atoms. The molecule has 152 valence electrons. The van der Waals surface area contributed by atoms with Crippen LogP contribution < -0.4 is 5.32 Å². The summed E-state index contributed by atoms with van der Waals surface area (Å²) in [5.41, 5.74) is -0.950. The number of carbonyl (C=O) groups is 1. The maximum Gasteiger partial charge on any atom is 0.416 e. The van der Waals surface area contributed by atoms with Gasteiger partial charge < -0.3 is 5.32 Å². The van der Waals surface area contributed by atoms with E-state index in [9.17, 15) is 18.0 Å². The van der Waals surface area contributed by atoms with Gasteiger partial charge in [-0.05, 0) is 42.5 Å². The molecule has 1 aromatic carbocycles. The molecule has 1 fully saturated rings. The highest BCUT2D eigenvalue weighted by Crippen LogP contribution is 2.42. The molecule has 0 spiro atoms. The molecule has 5 nitrogen and oxygen atoms in total. The van der Waals surface area contributed by atoms with Crippen LogP contribution in [-0.4, -0.2) is 26.4 Å². The summed E-state index contributed by atoms with van der Waals surface area (Å²) in [6, 6.07) is 7.02. The third-order valence-corrected chi connectivity index (χ3v) is 6.36. The molecule has 1 aliphatic rings. The van der Waals surface area contributed by atoms with Crippen LogP contribution in [0.5, 0.6) is 0 Å². The van der Waals surface area contributed by atoms with Gasteiger partial charge >= 0.3 is 6.18 Å². The van der Waals surface area contributed by atoms with Crippen molar-refractivity contribution in [2.24, 2.45) is 0 Å². The van der Waals surface area contributed by atoms with Crippen LogP contribution in [0.2, 0.25) is 5.02 Å². The molecule has 1 amide bonds. The van der Waals surface area contributed by atoms with E-state index in [-0.39, 0.29) is 16.5 Å². The number of amides is 1. The highest BCUT2D eigenvalue weighted by atomic mass is 35.5. The van der Waals surface area contributed by atoms with Crippen molar-refractivity contribution in [3.05, 3.63) is 46.3 Å². The maximum atomic E-state index is 12.9. The summed E-state index contributed by atoms with van der Waals surface area (Å²) in [5.74, 6) is 0.271. The number of rotatable bonds is 6. The number of benzene rings is 1. The van der Waals surface area contributed by atoms with Crippen LogP contribution in [0, 0.1) is 0 Å². The Bertz CT molecular complexity index is 1030. The van der Waals surface area contributed by atoms with Gasteiger partial charge in [-0.15, -0.1) is 21.5 Å².